The number of nitrogens with two attached hydrogens (primary N) is 1. The van der Waals surface area contributed by atoms with Crippen LogP contribution in [0.15, 0.2) is 42.7 Å². The van der Waals surface area contributed by atoms with Crippen LogP contribution in [0.25, 0.3) is 0 Å². The van der Waals surface area contributed by atoms with Gasteiger partial charge < -0.3 is 15.2 Å². The lowest BCUT2D eigenvalue weighted by molar-refractivity contribution is 0.351. The number of ether oxygens (including phenoxy) is 2. The highest BCUT2D eigenvalue weighted by Crippen LogP contribution is 2.32. The molecule has 2 aromatic rings. The van der Waals surface area contributed by atoms with Crippen molar-refractivity contribution in [3.05, 3.63) is 53.9 Å². The molecule has 0 spiro atoms. The third-order valence-corrected chi connectivity index (χ3v) is 3.04. The van der Waals surface area contributed by atoms with E-state index in [1.54, 1.807) is 26.6 Å². The third kappa shape index (κ3) is 3.03. The molecule has 0 aliphatic rings. The number of hydrogen-bond acceptors (Lipinski definition) is 4. The molecule has 0 saturated heterocycles. The van der Waals surface area contributed by atoms with Gasteiger partial charge in [-0.1, -0.05) is 18.2 Å². The SMILES string of the molecule is COc1cccc(CC(N)c2cccnc2)c1OC. The first kappa shape index (κ1) is 13.4. The van der Waals surface area contributed by atoms with Gasteiger partial charge in [0.05, 0.1) is 14.2 Å². The summed E-state index contributed by atoms with van der Waals surface area (Å²) in [6.07, 6.45) is 4.20. The molecule has 1 heterocycles. The highest BCUT2D eigenvalue weighted by molar-refractivity contribution is 5.47. The Kier molecular flexibility index (Phi) is 4.36. The van der Waals surface area contributed by atoms with Crippen molar-refractivity contribution in [2.75, 3.05) is 14.2 Å². The Hall–Kier alpha value is -2.07. The maximum Gasteiger partial charge on any atom is 0.163 e. The van der Waals surface area contributed by atoms with Gasteiger partial charge in [-0.25, -0.2) is 0 Å². The van der Waals surface area contributed by atoms with Crippen LogP contribution in [-0.2, 0) is 6.42 Å². The van der Waals surface area contributed by atoms with E-state index in [0.29, 0.717) is 6.42 Å². The maximum absolute atomic E-state index is 6.21. The number of para-hydroxylation sites is 1. The third-order valence-electron chi connectivity index (χ3n) is 3.04. The quantitative estimate of drug-likeness (QED) is 0.894. The van der Waals surface area contributed by atoms with Gasteiger partial charge in [0.2, 0.25) is 0 Å². The van der Waals surface area contributed by atoms with E-state index in [1.807, 2.05) is 30.3 Å². The van der Waals surface area contributed by atoms with Gasteiger partial charge >= 0.3 is 0 Å². The lowest BCUT2D eigenvalue weighted by Crippen LogP contribution is -2.14. The number of hydrogen-bond donors (Lipinski definition) is 1. The van der Waals surface area contributed by atoms with E-state index >= 15 is 0 Å². The van der Waals surface area contributed by atoms with Crippen LogP contribution in [0.1, 0.15) is 17.2 Å². The highest BCUT2D eigenvalue weighted by Gasteiger charge is 2.14. The fourth-order valence-electron chi connectivity index (χ4n) is 2.06. The zero-order valence-electron chi connectivity index (χ0n) is 11.2. The van der Waals surface area contributed by atoms with Gasteiger partial charge in [-0.15, -0.1) is 0 Å². The van der Waals surface area contributed by atoms with Gasteiger partial charge in [0, 0.05) is 18.4 Å². The second-order valence-electron chi connectivity index (χ2n) is 4.25. The van der Waals surface area contributed by atoms with Crippen molar-refractivity contribution in [2.45, 2.75) is 12.5 Å². The average molecular weight is 258 g/mol. The Morgan fingerprint density at radius 1 is 1.16 bits per heavy atom. The number of pyridine rings is 1. The molecule has 0 amide bonds. The Balaban J connectivity index is 2.24. The molecule has 100 valence electrons. The molecule has 4 nitrogen and oxygen atoms in total. The van der Waals surface area contributed by atoms with E-state index in [4.69, 9.17) is 15.2 Å². The Labute approximate surface area is 113 Å². The number of aromatic nitrogens is 1. The minimum atomic E-state index is -0.116. The van der Waals surface area contributed by atoms with Crippen LogP contribution in [0.4, 0.5) is 0 Å². The van der Waals surface area contributed by atoms with Crippen LogP contribution < -0.4 is 15.2 Å². The second kappa shape index (κ2) is 6.20. The first-order valence-electron chi connectivity index (χ1n) is 6.11. The minimum absolute atomic E-state index is 0.116. The Morgan fingerprint density at radius 3 is 2.63 bits per heavy atom. The normalized spacial score (nSPS) is 11.9. The molecular weight excluding hydrogens is 240 g/mol. The molecule has 0 bridgehead atoms. The summed E-state index contributed by atoms with van der Waals surface area (Å²) in [6.45, 7) is 0. The predicted octanol–water partition coefficient (Wildman–Crippen LogP) is 2.34. The molecule has 1 unspecified atom stereocenters. The topological polar surface area (TPSA) is 57.4 Å². The molecule has 0 aliphatic carbocycles. The van der Waals surface area contributed by atoms with Crippen molar-refractivity contribution in [1.29, 1.82) is 0 Å². The summed E-state index contributed by atoms with van der Waals surface area (Å²) in [7, 11) is 3.26. The smallest absolute Gasteiger partial charge is 0.163 e. The van der Waals surface area contributed by atoms with Crippen LogP contribution in [0.2, 0.25) is 0 Å². The zero-order valence-corrected chi connectivity index (χ0v) is 11.2. The summed E-state index contributed by atoms with van der Waals surface area (Å²) >= 11 is 0. The largest absolute Gasteiger partial charge is 0.493 e. The van der Waals surface area contributed by atoms with Gasteiger partial charge in [-0.2, -0.15) is 0 Å². The van der Waals surface area contributed by atoms with E-state index in [2.05, 4.69) is 4.98 Å². The van der Waals surface area contributed by atoms with Crippen molar-refractivity contribution >= 4 is 0 Å². The summed E-state index contributed by atoms with van der Waals surface area (Å²) in [6, 6.07) is 9.56. The maximum atomic E-state index is 6.21. The van der Waals surface area contributed by atoms with E-state index in [1.165, 1.54) is 0 Å². The summed E-state index contributed by atoms with van der Waals surface area (Å²) in [5, 5.41) is 0. The fourth-order valence-corrected chi connectivity index (χ4v) is 2.06. The Morgan fingerprint density at radius 2 is 2.00 bits per heavy atom. The monoisotopic (exact) mass is 258 g/mol. The summed E-state index contributed by atoms with van der Waals surface area (Å²) in [5.74, 6) is 1.46. The molecule has 0 aliphatic heterocycles. The predicted molar refractivity (Wildman–Crippen MR) is 74.4 cm³/mol. The van der Waals surface area contributed by atoms with Gasteiger partial charge in [0.15, 0.2) is 11.5 Å². The van der Waals surface area contributed by atoms with Crippen LogP contribution in [-0.4, -0.2) is 19.2 Å². The summed E-state index contributed by atoms with van der Waals surface area (Å²) < 4.78 is 10.7. The molecule has 2 rings (SSSR count). The zero-order chi connectivity index (χ0) is 13.7. The van der Waals surface area contributed by atoms with E-state index in [-0.39, 0.29) is 6.04 Å². The van der Waals surface area contributed by atoms with Crippen LogP contribution in [0.3, 0.4) is 0 Å². The lowest BCUT2D eigenvalue weighted by atomic mass is 10.00. The number of methoxy groups -OCH3 is 2. The van der Waals surface area contributed by atoms with Crippen molar-refractivity contribution in [1.82, 2.24) is 4.98 Å². The van der Waals surface area contributed by atoms with Gasteiger partial charge in [-0.05, 0) is 29.7 Å². The van der Waals surface area contributed by atoms with Crippen molar-refractivity contribution in [3.8, 4) is 11.5 Å². The molecule has 0 fully saturated rings. The lowest BCUT2D eigenvalue weighted by Gasteiger charge is -2.16. The van der Waals surface area contributed by atoms with Crippen molar-refractivity contribution in [2.24, 2.45) is 5.73 Å². The summed E-state index contributed by atoms with van der Waals surface area (Å²) in [5.41, 5.74) is 8.24. The molecule has 1 atom stereocenters. The second-order valence-corrected chi connectivity index (χ2v) is 4.25. The van der Waals surface area contributed by atoms with Crippen molar-refractivity contribution in [3.63, 3.8) is 0 Å². The molecule has 4 heteroatoms. The highest BCUT2D eigenvalue weighted by atomic mass is 16.5. The molecule has 1 aromatic heterocycles. The minimum Gasteiger partial charge on any atom is -0.493 e. The average Bonchev–Trinajstić information content (AvgIpc) is 2.47. The number of benzene rings is 1. The number of rotatable bonds is 5. The molecule has 0 saturated carbocycles. The van der Waals surface area contributed by atoms with Crippen LogP contribution in [0.5, 0.6) is 11.5 Å². The molecule has 1 aromatic carbocycles. The first-order chi connectivity index (χ1) is 9.26. The van der Waals surface area contributed by atoms with E-state index in [0.717, 1.165) is 22.6 Å². The van der Waals surface area contributed by atoms with Gasteiger partial charge in [0.1, 0.15) is 0 Å². The van der Waals surface area contributed by atoms with Crippen LogP contribution in [0, 0.1) is 0 Å². The van der Waals surface area contributed by atoms with E-state index < -0.39 is 0 Å². The fraction of sp³-hybridized carbons (Fsp3) is 0.267. The van der Waals surface area contributed by atoms with Gasteiger partial charge in [0.25, 0.3) is 0 Å². The number of nitrogens with zero attached hydrogens (tertiary/aromatic N) is 1. The first-order valence-corrected chi connectivity index (χ1v) is 6.11. The van der Waals surface area contributed by atoms with E-state index in [9.17, 15) is 0 Å². The van der Waals surface area contributed by atoms with Crippen molar-refractivity contribution < 1.29 is 9.47 Å². The molecule has 19 heavy (non-hydrogen) atoms. The molecular formula is C15H18N2O2. The Bertz CT molecular complexity index is 529. The standard InChI is InChI=1S/C15H18N2O2/c1-18-14-7-3-5-11(15(14)19-2)9-13(16)12-6-4-8-17-10-12/h3-8,10,13H,9,16H2,1-2H3. The van der Waals surface area contributed by atoms with Gasteiger partial charge in [-0.3, -0.25) is 4.98 Å². The van der Waals surface area contributed by atoms with Crippen LogP contribution >= 0.6 is 0 Å². The summed E-state index contributed by atoms with van der Waals surface area (Å²) in [4.78, 5) is 4.09. The molecule has 2 N–H and O–H groups in total. The molecule has 0 radical (unpaired) electrons.